The lowest BCUT2D eigenvalue weighted by Crippen LogP contribution is -2.05. The number of benzene rings is 2. The van der Waals surface area contributed by atoms with Crippen molar-refractivity contribution >= 4 is 17.3 Å². The highest BCUT2D eigenvalue weighted by atomic mass is 16.6. The Hall–Kier alpha value is -3.68. The highest BCUT2D eigenvalue weighted by Crippen LogP contribution is 2.22. The monoisotopic (exact) mass is 335 g/mol. The van der Waals surface area contributed by atoms with Gasteiger partial charge in [0.2, 0.25) is 5.91 Å². The summed E-state index contributed by atoms with van der Waals surface area (Å²) in [6, 6.07) is 13.1. The van der Waals surface area contributed by atoms with Crippen molar-refractivity contribution in [2.75, 3.05) is 5.32 Å². The fourth-order valence-corrected chi connectivity index (χ4v) is 2.20. The van der Waals surface area contributed by atoms with Gasteiger partial charge in [0.25, 0.3) is 5.69 Å². The molecule has 2 aromatic carbocycles. The van der Waals surface area contributed by atoms with E-state index in [9.17, 15) is 14.9 Å². The van der Waals surface area contributed by atoms with Crippen LogP contribution in [0.3, 0.4) is 0 Å². The summed E-state index contributed by atoms with van der Waals surface area (Å²) >= 11 is 0. The van der Waals surface area contributed by atoms with Gasteiger partial charge in [-0.3, -0.25) is 14.9 Å². The van der Waals surface area contributed by atoms with Gasteiger partial charge in [-0.2, -0.15) is 0 Å². The number of amides is 1. The maximum atomic E-state index is 11.0. The van der Waals surface area contributed by atoms with Crippen LogP contribution < -0.4 is 5.32 Å². The van der Waals surface area contributed by atoms with Gasteiger partial charge in [0.1, 0.15) is 5.69 Å². The summed E-state index contributed by atoms with van der Waals surface area (Å²) in [7, 11) is 0. The van der Waals surface area contributed by atoms with E-state index in [0.29, 0.717) is 22.8 Å². The van der Waals surface area contributed by atoms with Crippen molar-refractivity contribution in [1.29, 1.82) is 0 Å². The summed E-state index contributed by atoms with van der Waals surface area (Å²) in [6.07, 6.45) is 1.56. The molecule has 0 fully saturated rings. The van der Waals surface area contributed by atoms with Gasteiger partial charge in [-0.15, -0.1) is 10.2 Å². The smallest absolute Gasteiger partial charge is 0.269 e. The number of nitro groups is 1. The lowest BCUT2D eigenvalue weighted by atomic mass is 10.1. The molecule has 0 unspecified atom stereocenters. The Kier molecular flexibility index (Phi) is 4.42. The second kappa shape index (κ2) is 6.83. The van der Waals surface area contributed by atoms with Crippen molar-refractivity contribution in [2.24, 2.45) is 0 Å². The number of carbonyl (C=O) groups is 1. The molecule has 1 N–H and O–H groups in total. The number of nitro benzene ring substituents is 1. The summed E-state index contributed by atoms with van der Waals surface area (Å²) < 4.78 is 0. The van der Waals surface area contributed by atoms with Crippen LogP contribution in [0.1, 0.15) is 6.92 Å². The largest absolute Gasteiger partial charge is 0.326 e. The molecule has 25 heavy (non-hydrogen) atoms. The summed E-state index contributed by atoms with van der Waals surface area (Å²) in [5.74, 6) is 0.304. The SMILES string of the molecule is CC(=O)Nc1ccc(-c2ncc(-c3ccc([N+](=O)[O-])cc3)nn2)cc1. The minimum Gasteiger partial charge on any atom is -0.326 e. The third kappa shape index (κ3) is 3.81. The van der Waals surface area contributed by atoms with E-state index in [4.69, 9.17) is 0 Å². The van der Waals surface area contributed by atoms with Gasteiger partial charge in [0, 0.05) is 35.9 Å². The number of rotatable bonds is 4. The van der Waals surface area contributed by atoms with Gasteiger partial charge < -0.3 is 5.32 Å². The maximum absolute atomic E-state index is 11.0. The Morgan fingerprint density at radius 1 is 1.00 bits per heavy atom. The van der Waals surface area contributed by atoms with E-state index in [1.165, 1.54) is 19.1 Å². The van der Waals surface area contributed by atoms with Crippen LogP contribution in [0.2, 0.25) is 0 Å². The number of hydrogen-bond donors (Lipinski definition) is 1. The van der Waals surface area contributed by atoms with Gasteiger partial charge in [0.05, 0.1) is 11.1 Å². The molecule has 0 bridgehead atoms. The second-order valence-corrected chi connectivity index (χ2v) is 5.23. The first-order valence-corrected chi connectivity index (χ1v) is 7.35. The zero-order valence-electron chi connectivity index (χ0n) is 13.2. The van der Waals surface area contributed by atoms with Gasteiger partial charge in [0.15, 0.2) is 5.82 Å². The summed E-state index contributed by atoms with van der Waals surface area (Å²) in [4.78, 5) is 25.5. The van der Waals surface area contributed by atoms with Gasteiger partial charge >= 0.3 is 0 Å². The van der Waals surface area contributed by atoms with Gasteiger partial charge in [-0.25, -0.2) is 4.98 Å². The summed E-state index contributed by atoms with van der Waals surface area (Å²) in [5, 5.41) is 21.6. The fraction of sp³-hybridized carbons (Fsp3) is 0.0588. The third-order valence-electron chi connectivity index (χ3n) is 3.40. The second-order valence-electron chi connectivity index (χ2n) is 5.23. The van der Waals surface area contributed by atoms with Crippen LogP contribution in [-0.2, 0) is 4.79 Å². The standard InChI is InChI=1S/C17H13N5O3/c1-11(23)19-14-6-2-13(3-7-14)17-18-10-16(20-21-17)12-4-8-15(9-5-12)22(24)25/h2-10H,1H3,(H,19,23). The van der Waals surface area contributed by atoms with Crippen molar-refractivity contribution in [1.82, 2.24) is 15.2 Å². The Morgan fingerprint density at radius 2 is 1.64 bits per heavy atom. The van der Waals surface area contributed by atoms with Crippen molar-refractivity contribution in [3.63, 3.8) is 0 Å². The first-order chi connectivity index (χ1) is 12.0. The Morgan fingerprint density at radius 3 is 2.16 bits per heavy atom. The van der Waals surface area contributed by atoms with E-state index in [2.05, 4.69) is 20.5 Å². The molecule has 124 valence electrons. The minimum absolute atomic E-state index is 0.0144. The van der Waals surface area contributed by atoms with E-state index in [0.717, 1.165) is 5.56 Å². The van der Waals surface area contributed by atoms with E-state index >= 15 is 0 Å². The Balaban J connectivity index is 1.79. The molecular weight excluding hydrogens is 322 g/mol. The van der Waals surface area contributed by atoms with Crippen molar-refractivity contribution in [3.05, 3.63) is 64.8 Å². The highest BCUT2D eigenvalue weighted by Gasteiger charge is 2.08. The van der Waals surface area contributed by atoms with Crippen LogP contribution in [0, 0.1) is 10.1 Å². The Bertz CT molecular complexity index is 907. The molecule has 0 saturated carbocycles. The molecule has 1 aromatic heterocycles. The molecule has 0 aliphatic rings. The molecule has 1 amide bonds. The molecule has 3 aromatic rings. The van der Waals surface area contributed by atoms with Crippen LogP contribution in [0.15, 0.2) is 54.7 Å². The highest BCUT2D eigenvalue weighted by molar-refractivity contribution is 5.88. The van der Waals surface area contributed by atoms with Crippen molar-refractivity contribution in [2.45, 2.75) is 6.92 Å². The Labute approximate surface area is 142 Å². The number of nitrogens with one attached hydrogen (secondary N) is 1. The van der Waals surface area contributed by atoms with E-state index in [1.807, 2.05) is 0 Å². The van der Waals surface area contributed by atoms with Gasteiger partial charge in [-0.1, -0.05) is 0 Å². The van der Waals surface area contributed by atoms with Crippen molar-refractivity contribution < 1.29 is 9.72 Å². The van der Waals surface area contributed by atoms with Crippen LogP contribution in [-0.4, -0.2) is 26.0 Å². The molecule has 0 radical (unpaired) electrons. The summed E-state index contributed by atoms with van der Waals surface area (Å²) in [6.45, 7) is 1.44. The van der Waals surface area contributed by atoms with E-state index in [1.54, 1.807) is 42.6 Å². The topological polar surface area (TPSA) is 111 Å². The molecule has 8 nitrogen and oxygen atoms in total. The lowest BCUT2D eigenvalue weighted by Gasteiger charge is -2.04. The number of nitrogens with zero attached hydrogens (tertiary/aromatic N) is 4. The molecule has 3 rings (SSSR count). The van der Waals surface area contributed by atoms with Gasteiger partial charge in [-0.05, 0) is 36.4 Å². The number of carbonyl (C=O) groups excluding carboxylic acids is 1. The zero-order valence-corrected chi connectivity index (χ0v) is 13.2. The predicted molar refractivity (Wildman–Crippen MR) is 91.7 cm³/mol. The molecule has 0 spiro atoms. The average Bonchev–Trinajstić information content (AvgIpc) is 2.62. The first kappa shape index (κ1) is 16.2. The van der Waals surface area contributed by atoms with E-state index in [-0.39, 0.29) is 11.6 Å². The quantitative estimate of drug-likeness (QED) is 0.579. The number of anilines is 1. The molecule has 0 atom stereocenters. The van der Waals surface area contributed by atoms with E-state index < -0.39 is 4.92 Å². The molecule has 0 aliphatic carbocycles. The van der Waals surface area contributed by atoms with Crippen LogP contribution >= 0.6 is 0 Å². The molecule has 0 saturated heterocycles. The first-order valence-electron chi connectivity index (χ1n) is 7.35. The molecule has 8 heteroatoms. The van der Waals surface area contributed by atoms with Crippen LogP contribution in [0.5, 0.6) is 0 Å². The number of aromatic nitrogens is 3. The number of non-ortho nitro benzene ring substituents is 1. The van der Waals surface area contributed by atoms with Crippen molar-refractivity contribution in [3.8, 4) is 22.6 Å². The maximum Gasteiger partial charge on any atom is 0.269 e. The normalized spacial score (nSPS) is 10.3. The van der Waals surface area contributed by atoms with Crippen LogP contribution in [0.25, 0.3) is 22.6 Å². The predicted octanol–water partition coefficient (Wildman–Crippen LogP) is 3.07. The third-order valence-corrected chi connectivity index (χ3v) is 3.40. The molecular formula is C17H13N5O3. The number of hydrogen-bond acceptors (Lipinski definition) is 6. The zero-order chi connectivity index (χ0) is 17.8. The average molecular weight is 335 g/mol. The van der Waals surface area contributed by atoms with Crippen LogP contribution in [0.4, 0.5) is 11.4 Å². The molecule has 0 aliphatic heterocycles. The fourth-order valence-electron chi connectivity index (χ4n) is 2.20. The minimum atomic E-state index is -0.457. The lowest BCUT2D eigenvalue weighted by molar-refractivity contribution is -0.384. The summed E-state index contributed by atoms with van der Waals surface area (Å²) in [5.41, 5.74) is 2.68. The molecule has 1 heterocycles.